The molecule has 0 aromatic heterocycles. The number of aliphatic hydroxyl groups excluding tert-OH is 1. The van der Waals surface area contributed by atoms with Crippen molar-refractivity contribution in [1.29, 1.82) is 0 Å². The van der Waals surface area contributed by atoms with Crippen molar-refractivity contribution in [3.8, 4) is 5.75 Å². The Morgan fingerprint density at radius 3 is 2.82 bits per heavy atom. The fourth-order valence-corrected chi connectivity index (χ4v) is 2.55. The highest BCUT2D eigenvalue weighted by molar-refractivity contribution is 5.82. The number of rotatable bonds is 3. The Hall–Kier alpha value is -2.40. The van der Waals surface area contributed by atoms with Crippen molar-refractivity contribution in [3.05, 3.63) is 65.5 Å². The molecule has 114 valence electrons. The van der Waals surface area contributed by atoms with Gasteiger partial charge in [0, 0.05) is 12.0 Å². The molecule has 2 unspecified atom stereocenters. The van der Waals surface area contributed by atoms with Crippen LogP contribution in [0.4, 0.5) is 4.39 Å². The Morgan fingerprint density at radius 2 is 2.05 bits per heavy atom. The first-order valence-electron chi connectivity index (χ1n) is 7.11. The van der Waals surface area contributed by atoms with Gasteiger partial charge in [-0.3, -0.25) is 4.79 Å². The van der Waals surface area contributed by atoms with Gasteiger partial charge in [-0.15, -0.1) is 0 Å². The van der Waals surface area contributed by atoms with Gasteiger partial charge in [-0.2, -0.15) is 0 Å². The minimum Gasteiger partial charge on any atom is -0.493 e. The van der Waals surface area contributed by atoms with Gasteiger partial charge in [-0.25, -0.2) is 4.39 Å². The Morgan fingerprint density at radius 1 is 1.27 bits per heavy atom. The summed E-state index contributed by atoms with van der Waals surface area (Å²) in [5.74, 6) is -0.326. The Kier molecular flexibility index (Phi) is 4.06. The number of benzene rings is 2. The number of hydrogen-bond acceptors (Lipinski definition) is 3. The summed E-state index contributed by atoms with van der Waals surface area (Å²) >= 11 is 0. The second-order valence-corrected chi connectivity index (χ2v) is 5.19. The lowest BCUT2D eigenvalue weighted by molar-refractivity contribution is -0.130. The summed E-state index contributed by atoms with van der Waals surface area (Å²) < 4.78 is 18.9. The minimum atomic E-state index is -1.25. The van der Waals surface area contributed by atoms with E-state index in [1.165, 1.54) is 12.1 Å². The van der Waals surface area contributed by atoms with Gasteiger partial charge >= 0.3 is 0 Å². The second-order valence-electron chi connectivity index (χ2n) is 5.19. The predicted octanol–water partition coefficient (Wildman–Crippen LogP) is 2.50. The van der Waals surface area contributed by atoms with Gasteiger partial charge in [0.05, 0.1) is 12.6 Å². The summed E-state index contributed by atoms with van der Waals surface area (Å²) in [6, 6.07) is 12.5. The average Bonchev–Trinajstić information content (AvgIpc) is 2.55. The molecule has 0 bridgehead atoms. The van der Waals surface area contributed by atoms with Crippen LogP contribution in [-0.2, 0) is 4.79 Å². The van der Waals surface area contributed by atoms with Crippen LogP contribution in [0.2, 0.25) is 0 Å². The van der Waals surface area contributed by atoms with Crippen molar-refractivity contribution in [3.63, 3.8) is 0 Å². The summed E-state index contributed by atoms with van der Waals surface area (Å²) in [5.41, 5.74) is 1.12. The Labute approximate surface area is 127 Å². The first-order valence-corrected chi connectivity index (χ1v) is 7.11. The maximum absolute atomic E-state index is 13.4. The van der Waals surface area contributed by atoms with E-state index in [1.54, 1.807) is 30.3 Å². The average molecular weight is 301 g/mol. The van der Waals surface area contributed by atoms with E-state index in [0.717, 1.165) is 0 Å². The van der Waals surface area contributed by atoms with Crippen LogP contribution < -0.4 is 10.1 Å². The molecule has 1 aliphatic rings. The second kappa shape index (κ2) is 6.15. The molecule has 2 N–H and O–H groups in total. The molecule has 2 atom stereocenters. The minimum absolute atomic E-state index is 0.370. The summed E-state index contributed by atoms with van der Waals surface area (Å²) in [4.78, 5) is 12.2. The molecular weight excluding hydrogens is 285 g/mol. The number of nitrogens with one attached hydrogen (secondary N) is 1. The van der Waals surface area contributed by atoms with E-state index in [4.69, 9.17) is 4.74 Å². The molecule has 0 fully saturated rings. The maximum atomic E-state index is 13.4. The Bertz CT molecular complexity index is 675. The molecule has 3 rings (SSSR count). The van der Waals surface area contributed by atoms with Crippen molar-refractivity contribution in [2.75, 3.05) is 6.61 Å². The van der Waals surface area contributed by atoms with Gasteiger partial charge in [-0.05, 0) is 23.8 Å². The lowest BCUT2D eigenvalue weighted by atomic mass is 9.99. The van der Waals surface area contributed by atoms with Crippen LogP contribution in [0.25, 0.3) is 0 Å². The molecule has 2 aromatic rings. The van der Waals surface area contributed by atoms with E-state index < -0.39 is 12.0 Å². The summed E-state index contributed by atoms with van der Waals surface area (Å²) in [6.07, 6.45) is -0.718. The smallest absolute Gasteiger partial charge is 0.253 e. The first kappa shape index (κ1) is 14.5. The highest BCUT2D eigenvalue weighted by atomic mass is 19.1. The van der Waals surface area contributed by atoms with Crippen LogP contribution in [0.5, 0.6) is 5.75 Å². The fourth-order valence-electron chi connectivity index (χ4n) is 2.55. The number of ether oxygens (including phenoxy) is 1. The largest absolute Gasteiger partial charge is 0.493 e. The first-order chi connectivity index (χ1) is 10.6. The molecule has 2 aromatic carbocycles. The third-order valence-corrected chi connectivity index (χ3v) is 3.69. The molecule has 0 radical (unpaired) electrons. The highest BCUT2D eigenvalue weighted by Crippen LogP contribution is 2.32. The summed E-state index contributed by atoms with van der Waals surface area (Å²) in [7, 11) is 0. The number of carbonyl (C=O) groups excluding carboxylic acids is 1. The van der Waals surface area contributed by atoms with Crippen LogP contribution in [0.15, 0.2) is 48.5 Å². The lowest BCUT2D eigenvalue weighted by Crippen LogP contribution is -2.35. The highest BCUT2D eigenvalue weighted by Gasteiger charge is 2.26. The van der Waals surface area contributed by atoms with Gasteiger partial charge in [0.1, 0.15) is 11.6 Å². The molecule has 0 saturated carbocycles. The molecule has 1 heterocycles. The van der Waals surface area contributed by atoms with Crippen molar-refractivity contribution in [2.24, 2.45) is 0 Å². The number of hydrogen-bond donors (Lipinski definition) is 2. The zero-order valence-corrected chi connectivity index (χ0v) is 11.8. The van der Waals surface area contributed by atoms with E-state index in [1.807, 2.05) is 6.07 Å². The van der Waals surface area contributed by atoms with Crippen LogP contribution in [0, 0.1) is 5.82 Å². The molecule has 1 amide bonds. The monoisotopic (exact) mass is 301 g/mol. The molecule has 0 aliphatic carbocycles. The molecule has 5 heteroatoms. The van der Waals surface area contributed by atoms with Crippen molar-refractivity contribution in [2.45, 2.75) is 18.6 Å². The quantitative estimate of drug-likeness (QED) is 0.916. The van der Waals surface area contributed by atoms with Crippen LogP contribution in [-0.4, -0.2) is 17.6 Å². The van der Waals surface area contributed by atoms with Gasteiger partial charge in [-0.1, -0.05) is 30.3 Å². The third-order valence-electron chi connectivity index (χ3n) is 3.69. The van der Waals surface area contributed by atoms with E-state index in [9.17, 15) is 14.3 Å². The van der Waals surface area contributed by atoms with E-state index in [-0.39, 0.29) is 11.9 Å². The van der Waals surface area contributed by atoms with Gasteiger partial charge in [0.25, 0.3) is 5.91 Å². The number of aliphatic hydroxyl groups is 1. The Balaban J connectivity index is 1.77. The third kappa shape index (κ3) is 2.94. The normalized spacial score (nSPS) is 18.0. The van der Waals surface area contributed by atoms with Crippen molar-refractivity contribution >= 4 is 5.91 Å². The van der Waals surface area contributed by atoms with Gasteiger partial charge in [0.15, 0.2) is 6.10 Å². The molecule has 1 aliphatic heterocycles. The maximum Gasteiger partial charge on any atom is 0.253 e. The van der Waals surface area contributed by atoms with Crippen molar-refractivity contribution < 1.29 is 19.0 Å². The van der Waals surface area contributed by atoms with Crippen LogP contribution >= 0.6 is 0 Å². The number of amides is 1. The predicted molar refractivity (Wildman–Crippen MR) is 78.8 cm³/mol. The molecule has 0 saturated heterocycles. The van der Waals surface area contributed by atoms with E-state index >= 15 is 0 Å². The molecular formula is C17H16FNO3. The van der Waals surface area contributed by atoms with E-state index in [0.29, 0.717) is 29.9 Å². The van der Waals surface area contributed by atoms with Crippen molar-refractivity contribution in [1.82, 2.24) is 5.32 Å². The molecule has 0 spiro atoms. The van der Waals surface area contributed by atoms with Gasteiger partial charge < -0.3 is 15.2 Å². The fraction of sp³-hybridized carbons (Fsp3) is 0.235. The summed E-state index contributed by atoms with van der Waals surface area (Å²) in [6.45, 7) is 0.436. The zero-order chi connectivity index (χ0) is 15.5. The molecule has 4 nitrogen and oxygen atoms in total. The topological polar surface area (TPSA) is 58.6 Å². The van der Waals surface area contributed by atoms with Crippen LogP contribution in [0.1, 0.15) is 29.7 Å². The number of halogens is 1. The molecule has 22 heavy (non-hydrogen) atoms. The lowest BCUT2D eigenvalue weighted by Gasteiger charge is -2.27. The number of carbonyl (C=O) groups is 1. The van der Waals surface area contributed by atoms with Gasteiger partial charge in [0.2, 0.25) is 0 Å². The van der Waals surface area contributed by atoms with Crippen LogP contribution in [0.3, 0.4) is 0 Å². The van der Waals surface area contributed by atoms with E-state index in [2.05, 4.69) is 5.32 Å². The SMILES string of the molecule is O=C(NC1CCOc2ccc(F)cc21)C(O)c1ccccc1. The standard InChI is InChI=1S/C17H16FNO3/c18-12-6-7-15-13(10-12)14(8-9-22-15)19-17(21)16(20)11-4-2-1-3-5-11/h1-7,10,14,16,20H,8-9H2,(H,19,21). The number of fused-ring (bicyclic) bond motifs is 1. The summed E-state index contributed by atoms with van der Waals surface area (Å²) in [5, 5.41) is 12.9. The zero-order valence-electron chi connectivity index (χ0n) is 11.8.